The molecule has 1 amide bonds. The molecule has 24 heavy (non-hydrogen) atoms. The van der Waals surface area contributed by atoms with Crippen LogP contribution in [0.3, 0.4) is 0 Å². The monoisotopic (exact) mass is 387 g/mol. The number of rotatable bonds is 5. The van der Waals surface area contributed by atoms with Gasteiger partial charge in [0.1, 0.15) is 0 Å². The second kappa shape index (κ2) is 8.20. The van der Waals surface area contributed by atoms with E-state index in [0.29, 0.717) is 0 Å². The normalized spacial score (nSPS) is 14.3. The van der Waals surface area contributed by atoms with E-state index in [4.69, 9.17) is 0 Å². The zero-order valence-electron chi connectivity index (χ0n) is 13.6. The lowest BCUT2D eigenvalue weighted by Crippen LogP contribution is -2.29. The minimum absolute atomic E-state index is 0.0549. The summed E-state index contributed by atoms with van der Waals surface area (Å²) in [7, 11) is 0. The molecule has 1 heterocycles. The number of hydrogen-bond acceptors (Lipinski definition) is 3. The number of nitrogens with one attached hydrogen (secondary N) is 2. The van der Waals surface area contributed by atoms with Crippen LogP contribution in [0.25, 0.3) is 0 Å². The van der Waals surface area contributed by atoms with Crippen LogP contribution < -0.4 is 15.5 Å². The predicted octanol–water partition coefficient (Wildman–Crippen LogP) is 4.49. The van der Waals surface area contributed by atoms with E-state index < -0.39 is 0 Å². The third-order valence-electron chi connectivity index (χ3n) is 4.15. The predicted molar refractivity (Wildman–Crippen MR) is 104 cm³/mol. The van der Waals surface area contributed by atoms with Gasteiger partial charge in [0.2, 0.25) is 5.91 Å². The van der Waals surface area contributed by atoms with Crippen molar-refractivity contribution in [1.29, 1.82) is 0 Å². The van der Waals surface area contributed by atoms with Gasteiger partial charge < -0.3 is 15.5 Å². The summed E-state index contributed by atoms with van der Waals surface area (Å²) in [6, 6.07) is 15.9. The molecule has 0 aromatic heterocycles. The third kappa shape index (κ3) is 4.74. The quantitative estimate of drug-likeness (QED) is 0.793. The fraction of sp³-hybridized carbons (Fsp3) is 0.316. The Hall–Kier alpha value is -2.01. The SMILES string of the molecule is O=C(CNc1cccc(Br)c1)Nc1ccc(N2CCCCC2)cc1. The van der Waals surface area contributed by atoms with Crippen molar-refractivity contribution in [1.82, 2.24) is 0 Å². The number of halogens is 1. The summed E-state index contributed by atoms with van der Waals surface area (Å²) in [6.45, 7) is 2.49. The smallest absolute Gasteiger partial charge is 0.243 e. The lowest BCUT2D eigenvalue weighted by Gasteiger charge is -2.28. The molecule has 0 saturated carbocycles. The fourth-order valence-corrected chi connectivity index (χ4v) is 3.29. The maximum Gasteiger partial charge on any atom is 0.243 e. The third-order valence-corrected chi connectivity index (χ3v) is 4.64. The number of carbonyl (C=O) groups excluding carboxylic acids is 1. The first kappa shape index (κ1) is 16.8. The molecule has 1 saturated heterocycles. The Bertz CT molecular complexity index is 681. The molecule has 2 aromatic carbocycles. The molecule has 0 atom stereocenters. The molecular formula is C19H22BrN3O. The van der Waals surface area contributed by atoms with Crippen molar-refractivity contribution in [2.24, 2.45) is 0 Å². The van der Waals surface area contributed by atoms with Gasteiger partial charge in [-0.25, -0.2) is 0 Å². The summed E-state index contributed by atoms with van der Waals surface area (Å²) >= 11 is 3.42. The van der Waals surface area contributed by atoms with Crippen LogP contribution in [0, 0.1) is 0 Å². The minimum Gasteiger partial charge on any atom is -0.376 e. The van der Waals surface area contributed by atoms with Gasteiger partial charge in [0.15, 0.2) is 0 Å². The van der Waals surface area contributed by atoms with Crippen molar-refractivity contribution in [2.45, 2.75) is 19.3 Å². The number of hydrogen-bond donors (Lipinski definition) is 2. The molecule has 1 aliphatic rings. The highest BCUT2D eigenvalue weighted by molar-refractivity contribution is 9.10. The summed E-state index contributed by atoms with van der Waals surface area (Å²) in [5.41, 5.74) is 2.98. The van der Waals surface area contributed by atoms with Crippen molar-refractivity contribution in [3.8, 4) is 0 Å². The van der Waals surface area contributed by atoms with Gasteiger partial charge in [-0.1, -0.05) is 22.0 Å². The molecule has 126 valence electrons. The van der Waals surface area contributed by atoms with E-state index in [1.165, 1.54) is 24.9 Å². The number of nitrogens with zero attached hydrogens (tertiary/aromatic N) is 1. The average Bonchev–Trinajstić information content (AvgIpc) is 2.61. The van der Waals surface area contributed by atoms with E-state index in [0.717, 1.165) is 28.9 Å². The highest BCUT2D eigenvalue weighted by Crippen LogP contribution is 2.22. The van der Waals surface area contributed by atoms with E-state index in [2.05, 4.69) is 43.6 Å². The van der Waals surface area contributed by atoms with E-state index in [1.807, 2.05) is 36.4 Å². The molecular weight excluding hydrogens is 366 g/mol. The van der Waals surface area contributed by atoms with Crippen molar-refractivity contribution in [2.75, 3.05) is 35.2 Å². The standard InChI is InChI=1S/C19H22BrN3O/c20-15-5-4-6-17(13-15)21-14-19(24)22-16-7-9-18(10-8-16)23-11-2-1-3-12-23/h4-10,13,21H,1-3,11-12,14H2,(H,22,24). The Balaban J connectivity index is 1.50. The van der Waals surface area contributed by atoms with E-state index in [1.54, 1.807) is 0 Å². The molecule has 0 radical (unpaired) electrons. The van der Waals surface area contributed by atoms with Crippen LogP contribution in [0.2, 0.25) is 0 Å². The van der Waals surface area contributed by atoms with Crippen molar-refractivity contribution >= 4 is 38.9 Å². The Morgan fingerprint density at radius 1 is 1.00 bits per heavy atom. The first-order valence-electron chi connectivity index (χ1n) is 8.35. The molecule has 2 N–H and O–H groups in total. The molecule has 3 rings (SSSR count). The second-order valence-corrected chi connectivity index (χ2v) is 6.92. The van der Waals surface area contributed by atoms with Crippen LogP contribution in [-0.2, 0) is 4.79 Å². The molecule has 0 spiro atoms. The van der Waals surface area contributed by atoms with Crippen LogP contribution in [0.5, 0.6) is 0 Å². The minimum atomic E-state index is -0.0549. The van der Waals surface area contributed by atoms with Gasteiger partial charge in [-0.3, -0.25) is 4.79 Å². The molecule has 0 aliphatic carbocycles. The first-order valence-corrected chi connectivity index (χ1v) is 9.14. The fourth-order valence-electron chi connectivity index (χ4n) is 2.89. The van der Waals surface area contributed by atoms with Gasteiger partial charge in [0.25, 0.3) is 0 Å². The summed E-state index contributed by atoms with van der Waals surface area (Å²) in [5.74, 6) is -0.0549. The number of piperidine rings is 1. The van der Waals surface area contributed by atoms with Gasteiger partial charge >= 0.3 is 0 Å². The summed E-state index contributed by atoms with van der Waals surface area (Å²) in [4.78, 5) is 14.5. The highest BCUT2D eigenvalue weighted by atomic mass is 79.9. The Morgan fingerprint density at radius 2 is 1.75 bits per heavy atom. The Morgan fingerprint density at radius 3 is 2.46 bits per heavy atom. The van der Waals surface area contributed by atoms with E-state index >= 15 is 0 Å². The average molecular weight is 388 g/mol. The molecule has 1 fully saturated rings. The molecule has 1 aliphatic heterocycles. The van der Waals surface area contributed by atoms with Crippen molar-refractivity contribution in [3.05, 3.63) is 53.0 Å². The van der Waals surface area contributed by atoms with Gasteiger partial charge in [-0.05, 0) is 61.7 Å². The molecule has 4 nitrogen and oxygen atoms in total. The van der Waals surface area contributed by atoms with Crippen LogP contribution in [0.1, 0.15) is 19.3 Å². The van der Waals surface area contributed by atoms with Crippen LogP contribution in [0.4, 0.5) is 17.1 Å². The zero-order valence-corrected chi connectivity index (χ0v) is 15.2. The van der Waals surface area contributed by atoms with Gasteiger partial charge in [0, 0.05) is 34.6 Å². The molecule has 2 aromatic rings. The zero-order chi connectivity index (χ0) is 16.8. The van der Waals surface area contributed by atoms with Gasteiger partial charge in [0.05, 0.1) is 6.54 Å². The highest BCUT2D eigenvalue weighted by Gasteiger charge is 2.10. The lowest BCUT2D eigenvalue weighted by molar-refractivity contribution is -0.114. The maximum atomic E-state index is 12.1. The number of carbonyl (C=O) groups is 1. The first-order chi connectivity index (χ1) is 11.7. The largest absolute Gasteiger partial charge is 0.376 e. The number of amides is 1. The summed E-state index contributed by atoms with van der Waals surface area (Å²) < 4.78 is 0.987. The number of benzene rings is 2. The Kier molecular flexibility index (Phi) is 5.75. The van der Waals surface area contributed by atoms with Gasteiger partial charge in [-0.15, -0.1) is 0 Å². The van der Waals surface area contributed by atoms with Crippen LogP contribution in [0.15, 0.2) is 53.0 Å². The Labute approximate surface area is 151 Å². The second-order valence-electron chi connectivity index (χ2n) is 6.01. The molecule has 0 unspecified atom stereocenters. The summed E-state index contributed by atoms with van der Waals surface area (Å²) in [5, 5.41) is 6.04. The van der Waals surface area contributed by atoms with E-state index in [9.17, 15) is 4.79 Å². The number of anilines is 3. The van der Waals surface area contributed by atoms with Crippen LogP contribution in [-0.4, -0.2) is 25.5 Å². The van der Waals surface area contributed by atoms with Crippen molar-refractivity contribution in [3.63, 3.8) is 0 Å². The van der Waals surface area contributed by atoms with Crippen LogP contribution >= 0.6 is 15.9 Å². The maximum absolute atomic E-state index is 12.1. The molecule has 0 bridgehead atoms. The van der Waals surface area contributed by atoms with Crippen molar-refractivity contribution < 1.29 is 4.79 Å². The van der Waals surface area contributed by atoms with E-state index in [-0.39, 0.29) is 12.5 Å². The lowest BCUT2D eigenvalue weighted by atomic mass is 10.1. The van der Waals surface area contributed by atoms with Gasteiger partial charge in [-0.2, -0.15) is 0 Å². The molecule has 5 heteroatoms. The summed E-state index contributed by atoms with van der Waals surface area (Å²) in [6.07, 6.45) is 3.86. The topological polar surface area (TPSA) is 44.4 Å².